The van der Waals surface area contributed by atoms with Crippen molar-refractivity contribution in [3.8, 4) is 0 Å². The van der Waals surface area contributed by atoms with E-state index in [2.05, 4.69) is 27.1 Å². The predicted octanol–water partition coefficient (Wildman–Crippen LogP) is 4.06. The maximum Gasteiger partial charge on any atom is 0.271 e. The van der Waals surface area contributed by atoms with Gasteiger partial charge in [-0.25, -0.2) is 15.0 Å². The summed E-state index contributed by atoms with van der Waals surface area (Å²) in [4.78, 5) is 45.5. The topological polar surface area (TPSA) is 101 Å². The Morgan fingerprint density at radius 2 is 1.89 bits per heavy atom. The van der Waals surface area contributed by atoms with Gasteiger partial charge in [-0.2, -0.15) is 0 Å². The summed E-state index contributed by atoms with van der Waals surface area (Å²) in [5.74, 6) is 0.729. The number of aromatic nitrogens is 5. The van der Waals surface area contributed by atoms with Crippen LogP contribution in [-0.2, 0) is 13.6 Å². The second-order valence-electron chi connectivity index (χ2n) is 10.4. The number of hydrogen-bond acceptors (Lipinski definition) is 7. The van der Waals surface area contributed by atoms with Crippen LogP contribution in [0.15, 0.2) is 12.4 Å². The molecule has 10 nitrogen and oxygen atoms in total. The molecule has 2 saturated carbocycles. The number of imidazole rings is 1. The van der Waals surface area contributed by atoms with E-state index in [1.165, 1.54) is 11.3 Å². The normalized spacial score (nSPS) is 17.4. The number of thiazole rings is 1. The molecule has 4 aromatic heterocycles. The lowest BCUT2D eigenvalue weighted by atomic mass is 10.2. The first-order valence-corrected chi connectivity index (χ1v) is 14.0. The van der Waals surface area contributed by atoms with Crippen molar-refractivity contribution < 1.29 is 9.59 Å². The van der Waals surface area contributed by atoms with Gasteiger partial charge in [-0.05, 0) is 52.0 Å². The van der Waals surface area contributed by atoms with Gasteiger partial charge in [-0.15, -0.1) is 0 Å². The van der Waals surface area contributed by atoms with E-state index in [4.69, 9.17) is 4.98 Å². The molecule has 5 heterocycles. The summed E-state index contributed by atoms with van der Waals surface area (Å²) in [6.45, 7) is 6.16. The molecule has 1 aliphatic heterocycles. The maximum absolute atomic E-state index is 13.8. The highest BCUT2D eigenvalue weighted by atomic mass is 32.1. The SMILES string of the molecule is CCn1c(C(=O)N(C2CC2)C2CC2)cc2c3c(ncn3C)c(Nc3nc(C)c(C(=O)N4CCC4)s3)nc21. The first kappa shape index (κ1) is 22.7. The number of aryl methyl sites for hydroxylation is 3. The van der Waals surface area contributed by atoms with Crippen molar-refractivity contribution in [3.05, 3.63) is 28.7 Å². The Morgan fingerprint density at radius 1 is 1.16 bits per heavy atom. The molecule has 0 spiro atoms. The van der Waals surface area contributed by atoms with Gasteiger partial charge in [-0.1, -0.05) is 11.3 Å². The van der Waals surface area contributed by atoms with Crippen LogP contribution in [-0.4, -0.2) is 70.9 Å². The number of fused-ring (bicyclic) bond motifs is 3. The largest absolute Gasteiger partial charge is 0.338 e. The van der Waals surface area contributed by atoms with E-state index in [9.17, 15) is 9.59 Å². The molecule has 3 fully saturated rings. The van der Waals surface area contributed by atoms with Crippen molar-refractivity contribution >= 4 is 56.2 Å². The number of carbonyl (C=O) groups excluding carboxylic acids is 2. The first-order valence-electron chi connectivity index (χ1n) is 13.1. The van der Waals surface area contributed by atoms with Crippen molar-refractivity contribution in [1.82, 2.24) is 33.9 Å². The zero-order valence-corrected chi connectivity index (χ0v) is 22.1. The number of nitrogens with one attached hydrogen (secondary N) is 1. The molecule has 192 valence electrons. The minimum atomic E-state index is 0.0413. The molecule has 1 N–H and O–H groups in total. The van der Waals surface area contributed by atoms with Crippen LogP contribution in [0.25, 0.3) is 22.1 Å². The van der Waals surface area contributed by atoms with Crippen molar-refractivity contribution in [1.29, 1.82) is 0 Å². The maximum atomic E-state index is 13.8. The Hall–Kier alpha value is -3.47. The lowest BCUT2D eigenvalue weighted by Gasteiger charge is -2.30. The van der Waals surface area contributed by atoms with Crippen LogP contribution in [0.1, 0.15) is 64.9 Å². The highest BCUT2D eigenvalue weighted by Gasteiger charge is 2.43. The molecule has 7 rings (SSSR count). The monoisotopic (exact) mass is 518 g/mol. The molecule has 2 amide bonds. The van der Waals surface area contributed by atoms with Gasteiger partial charge in [-0.3, -0.25) is 9.59 Å². The average molecular weight is 519 g/mol. The highest BCUT2D eigenvalue weighted by Crippen LogP contribution is 2.40. The minimum absolute atomic E-state index is 0.0413. The van der Waals surface area contributed by atoms with Gasteiger partial charge in [0.2, 0.25) is 0 Å². The summed E-state index contributed by atoms with van der Waals surface area (Å²) < 4.78 is 4.00. The van der Waals surface area contributed by atoms with E-state index in [1.54, 1.807) is 6.33 Å². The van der Waals surface area contributed by atoms with Crippen LogP contribution in [0.2, 0.25) is 0 Å². The lowest BCUT2D eigenvalue weighted by molar-refractivity contribution is 0.0655. The summed E-state index contributed by atoms with van der Waals surface area (Å²) in [6.07, 6.45) is 7.22. The van der Waals surface area contributed by atoms with Crippen molar-refractivity contribution in [2.75, 3.05) is 18.4 Å². The molecule has 1 saturated heterocycles. The van der Waals surface area contributed by atoms with Crippen molar-refractivity contribution in [2.24, 2.45) is 7.05 Å². The average Bonchev–Trinajstić information content (AvgIpc) is 3.75. The highest BCUT2D eigenvalue weighted by molar-refractivity contribution is 7.17. The van der Waals surface area contributed by atoms with Crippen molar-refractivity contribution in [2.45, 2.75) is 64.6 Å². The van der Waals surface area contributed by atoms with Gasteiger partial charge >= 0.3 is 0 Å². The Labute approximate surface area is 218 Å². The van der Waals surface area contributed by atoms with Crippen LogP contribution in [0.5, 0.6) is 0 Å². The first-order chi connectivity index (χ1) is 17.9. The van der Waals surface area contributed by atoms with E-state index < -0.39 is 0 Å². The number of rotatable bonds is 7. The van der Waals surface area contributed by atoms with Gasteiger partial charge < -0.3 is 24.3 Å². The summed E-state index contributed by atoms with van der Waals surface area (Å²) in [7, 11) is 1.96. The van der Waals surface area contributed by atoms with Crippen LogP contribution in [0.4, 0.5) is 10.9 Å². The van der Waals surface area contributed by atoms with Crippen LogP contribution in [0, 0.1) is 6.92 Å². The van der Waals surface area contributed by atoms with Crippen molar-refractivity contribution in [3.63, 3.8) is 0 Å². The summed E-state index contributed by atoms with van der Waals surface area (Å²) in [5, 5.41) is 4.88. The fourth-order valence-electron chi connectivity index (χ4n) is 5.38. The van der Waals surface area contributed by atoms with Crippen LogP contribution >= 0.6 is 11.3 Å². The van der Waals surface area contributed by atoms with E-state index in [0.717, 1.165) is 61.7 Å². The Bertz CT molecular complexity index is 1560. The quantitative estimate of drug-likeness (QED) is 0.396. The summed E-state index contributed by atoms with van der Waals surface area (Å²) >= 11 is 1.35. The molecule has 0 radical (unpaired) electrons. The molecule has 2 aliphatic carbocycles. The van der Waals surface area contributed by atoms with Gasteiger partial charge in [0, 0.05) is 44.2 Å². The third kappa shape index (κ3) is 3.62. The van der Waals surface area contributed by atoms with Gasteiger partial charge in [0.05, 0.1) is 17.5 Å². The third-order valence-electron chi connectivity index (χ3n) is 7.71. The van der Waals surface area contributed by atoms with Crippen LogP contribution in [0.3, 0.4) is 0 Å². The second kappa shape index (κ2) is 8.27. The Kier molecular flexibility index (Phi) is 5.08. The number of hydrogen-bond donors (Lipinski definition) is 1. The second-order valence-corrected chi connectivity index (χ2v) is 11.4. The standard InChI is InChI=1S/C26H30N8O2S/c1-4-33-18(24(35)34(15-6-7-15)16-8-9-16)12-17-20-19(27-13-31(20)3)22(29-23(17)33)30-26-28-14(2)21(37-26)25(36)32-10-5-11-32/h12-13,15-16H,4-11H2,1-3H3,(H,28,29,30). The van der Waals surface area contributed by atoms with Gasteiger partial charge in [0.25, 0.3) is 11.8 Å². The molecule has 0 atom stereocenters. The molecule has 0 aromatic carbocycles. The molecule has 0 bridgehead atoms. The fourth-order valence-corrected chi connectivity index (χ4v) is 6.31. The Morgan fingerprint density at radius 3 is 2.51 bits per heavy atom. The third-order valence-corrected chi connectivity index (χ3v) is 8.77. The molecule has 3 aliphatic rings. The van der Waals surface area contributed by atoms with E-state index in [1.807, 2.05) is 34.1 Å². The lowest BCUT2D eigenvalue weighted by Crippen LogP contribution is -2.41. The number of amides is 2. The summed E-state index contributed by atoms with van der Waals surface area (Å²) in [6, 6.07) is 2.76. The molecule has 37 heavy (non-hydrogen) atoms. The van der Waals surface area contributed by atoms with Crippen LogP contribution < -0.4 is 5.32 Å². The molecule has 4 aromatic rings. The fraction of sp³-hybridized carbons (Fsp3) is 0.500. The van der Waals surface area contributed by atoms with Gasteiger partial charge in [0.1, 0.15) is 21.7 Å². The van der Waals surface area contributed by atoms with E-state index >= 15 is 0 Å². The number of likely N-dealkylation sites (tertiary alicyclic amines) is 1. The zero-order chi connectivity index (χ0) is 25.4. The number of pyridine rings is 1. The predicted molar refractivity (Wildman–Crippen MR) is 143 cm³/mol. The minimum Gasteiger partial charge on any atom is -0.338 e. The molecule has 0 unspecified atom stereocenters. The molecular formula is C26H30N8O2S. The molecule has 11 heteroatoms. The summed E-state index contributed by atoms with van der Waals surface area (Å²) in [5.41, 5.74) is 3.79. The van der Waals surface area contributed by atoms with Gasteiger partial charge in [0.15, 0.2) is 10.9 Å². The van der Waals surface area contributed by atoms with E-state index in [-0.39, 0.29) is 11.8 Å². The number of anilines is 2. The molecular weight excluding hydrogens is 488 g/mol. The zero-order valence-electron chi connectivity index (χ0n) is 21.3. The smallest absolute Gasteiger partial charge is 0.271 e. The number of nitrogens with zero attached hydrogens (tertiary/aromatic N) is 7. The Balaban J connectivity index is 1.31. The van der Waals surface area contributed by atoms with E-state index in [0.29, 0.717) is 51.4 Å². The number of carbonyl (C=O) groups is 2.